The molecular formula is C21H20N2O2. The number of rotatable bonds is 3. The number of aromatic amines is 1. The van der Waals surface area contributed by atoms with Crippen LogP contribution in [0.4, 0.5) is 0 Å². The van der Waals surface area contributed by atoms with Crippen molar-refractivity contribution in [2.24, 2.45) is 0 Å². The molecule has 4 nitrogen and oxygen atoms in total. The van der Waals surface area contributed by atoms with Gasteiger partial charge in [0.1, 0.15) is 5.69 Å². The van der Waals surface area contributed by atoms with E-state index in [1.165, 1.54) is 11.1 Å². The van der Waals surface area contributed by atoms with Crippen LogP contribution in [0, 0.1) is 0 Å². The van der Waals surface area contributed by atoms with Crippen molar-refractivity contribution in [3.63, 3.8) is 0 Å². The standard InChI is InChI=1S/C21H20N2O2/c24-20-18-11-4-2-7-15(18)12-19(23-20)21(25)22-13-16-9-5-8-14-6-1-3-10-17(14)16/h1-4,6-7,10-12,16H,5,8-9,13H2,(H,22,25)(H,23,24). The minimum Gasteiger partial charge on any atom is -0.350 e. The first kappa shape index (κ1) is 15.6. The molecule has 4 heteroatoms. The zero-order valence-corrected chi connectivity index (χ0v) is 13.9. The number of nitrogens with one attached hydrogen (secondary N) is 2. The van der Waals surface area contributed by atoms with Crippen molar-refractivity contribution in [1.82, 2.24) is 10.3 Å². The van der Waals surface area contributed by atoms with Gasteiger partial charge >= 0.3 is 0 Å². The van der Waals surface area contributed by atoms with Gasteiger partial charge in [-0.1, -0.05) is 42.5 Å². The molecule has 0 bridgehead atoms. The highest BCUT2D eigenvalue weighted by Crippen LogP contribution is 2.30. The smallest absolute Gasteiger partial charge is 0.267 e. The molecule has 2 N–H and O–H groups in total. The zero-order valence-electron chi connectivity index (χ0n) is 13.9. The van der Waals surface area contributed by atoms with E-state index >= 15 is 0 Å². The maximum Gasteiger partial charge on any atom is 0.267 e. The second kappa shape index (κ2) is 6.55. The van der Waals surface area contributed by atoms with Crippen LogP contribution in [-0.4, -0.2) is 17.4 Å². The summed E-state index contributed by atoms with van der Waals surface area (Å²) in [5.41, 5.74) is 2.80. The Morgan fingerprint density at radius 1 is 1.12 bits per heavy atom. The van der Waals surface area contributed by atoms with E-state index in [0.29, 0.717) is 23.5 Å². The van der Waals surface area contributed by atoms with Gasteiger partial charge in [0, 0.05) is 17.8 Å². The van der Waals surface area contributed by atoms with E-state index < -0.39 is 0 Å². The fourth-order valence-corrected chi connectivity index (χ4v) is 3.71. The quantitative estimate of drug-likeness (QED) is 0.772. The van der Waals surface area contributed by atoms with Crippen LogP contribution in [0.2, 0.25) is 0 Å². The third-order valence-corrected chi connectivity index (χ3v) is 5.00. The summed E-state index contributed by atoms with van der Waals surface area (Å²) >= 11 is 0. The first-order valence-corrected chi connectivity index (χ1v) is 8.70. The van der Waals surface area contributed by atoms with Crippen LogP contribution < -0.4 is 10.9 Å². The van der Waals surface area contributed by atoms with Gasteiger partial charge in [-0.2, -0.15) is 0 Å². The number of aryl methyl sites for hydroxylation is 1. The summed E-state index contributed by atoms with van der Waals surface area (Å²) in [5.74, 6) is 0.104. The molecule has 3 aromatic rings. The SMILES string of the molecule is O=C(NCC1CCCc2ccccc21)c1cc2ccccc2c(=O)[nH]1. The molecule has 25 heavy (non-hydrogen) atoms. The average molecular weight is 332 g/mol. The third-order valence-electron chi connectivity index (χ3n) is 5.00. The molecular weight excluding hydrogens is 312 g/mol. The summed E-state index contributed by atoms with van der Waals surface area (Å²) in [4.78, 5) is 27.3. The second-order valence-electron chi connectivity index (χ2n) is 6.60. The highest BCUT2D eigenvalue weighted by atomic mass is 16.2. The van der Waals surface area contributed by atoms with Crippen LogP contribution in [0.3, 0.4) is 0 Å². The van der Waals surface area contributed by atoms with E-state index in [1.54, 1.807) is 12.1 Å². The van der Waals surface area contributed by atoms with Gasteiger partial charge in [-0.05, 0) is 47.9 Å². The molecule has 0 spiro atoms. The van der Waals surface area contributed by atoms with Gasteiger partial charge in [0.05, 0.1) is 0 Å². The second-order valence-corrected chi connectivity index (χ2v) is 6.60. The van der Waals surface area contributed by atoms with Crippen LogP contribution in [-0.2, 0) is 6.42 Å². The highest BCUT2D eigenvalue weighted by Gasteiger charge is 2.20. The molecule has 1 aliphatic carbocycles. The van der Waals surface area contributed by atoms with Gasteiger partial charge in [-0.15, -0.1) is 0 Å². The van der Waals surface area contributed by atoms with Crippen molar-refractivity contribution in [2.45, 2.75) is 25.2 Å². The molecule has 1 heterocycles. The number of carbonyl (C=O) groups excluding carboxylic acids is 1. The number of H-pyrrole nitrogens is 1. The lowest BCUT2D eigenvalue weighted by Gasteiger charge is -2.25. The summed E-state index contributed by atoms with van der Waals surface area (Å²) in [6.07, 6.45) is 3.33. The Kier molecular flexibility index (Phi) is 4.10. The van der Waals surface area contributed by atoms with Crippen LogP contribution >= 0.6 is 0 Å². The maximum atomic E-state index is 12.5. The predicted octanol–water partition coefficient (Wildman–Crippen LogP) is 3.38. The van der Waals surface area contributed by atoms with Gasteiger partial charge in [0.25, 0.3) is 11.5 Å². The summed E-state index contributed by atoms with van der Waals surface area (Å²) in [6.45, 7) is 0.588. The minimum atomic E-state index is -0.231. The van der Waals surface area contributed by atoms with Gasteiger partial charge < -0.3 is 10.3 Å². The highest BCUT2D eigenvalue weighted by molar-refractivity contribution is 5.96. The number of hydrogen-bond acceptors (Lipinski definition) is 2. The monoisotopic (exact) mass is 332 g/mol. The average Bonchev–Trinajstić information content (AvgIpc) is 2.66. The molecule has 4 rings (SSSR count). The Morgan fingerprint density at radius 2 is 1.92 bits per heavy atom. The first-order chi connectivity index (χ1) is 12.2. The zero-order chi connectivity index (χ0) is 17.2. The molecule has 0 saturated heterocycles. The third kappa shape index (κ3) is 3.07. The Bertz CT molecular complexity index is 990. The van der Waals surface area contributed by atoms with Gasteiger partial charge in [0.15, 0.2) is 0 Å². The lowest BCUT2D eigenvalue weighted by atomic mass is 9.83. The minimum absolute atomic E-state index is 0.230. The van der Waals surface area contributed by atoms with Crippen molar-refractivity contribution in [2.75, 3.05) is 6.54 Å². The van der Waals surface area contributed by atoms with E-state index in [2.05, 4.69) is 34.6 Å². The number of aromatic nitrogens is 1. The number of amides is 1. The number of benzene rings is 2. The normalized spacial score (nSPS) is 16.4. The molecule has 1 aromatic heterocycles. The summed E-state index contributed by atoms with van der Waals surface area (Å²) in [6, 6.07) is 17.5. The molecule has 2 aromatic carbocycles. The molecule has 126 valence electrons. The summed E-state index contributed by atoms with van der Waals surface area (Å²) in [5, 5.41) is 4.37. The van der Waals surface area contributed by atoms with Crippen LogP contribution in [0.15, 0.2) is 59.4 Å². The van der Waals surface area contributed by atoms with Crippen molar-refractivity contribution < 1.29 is 4.79 Å². The summed E-state index contributed by atoms with van der Waals surface area (Å²) in [7, 11) is 0. The van der Waals surface area contributed by atoms with Crippen LogP contribution in [0.1, 0.15) is 40.4 Å². The molecule has 0 radical (unpaired) electrons. The largest absolute Gasteiger partial charge is 0.350 e. The van der Waals surface area contributed by atoms with E-state index in [1.807, 2.05) is 18.2 Å². The number of hydrogen-bond donors (Lipinski definition) is 2. The van der Waals surface area contributed by atoms with E-state index in [0.717, 1.165) is 24.6 Å². The van der Waals surface area contributed by atoms with E-state index in [4.69, 9.17) is 0 Å². The number of fused-ring (bicyclic) bond motifs is 2. The van der Waals surface area contributed by atoms with E-state index in [9.17, 15) is 9.59 Å². The molecule has 0 saturated carbocycles. The van der Waals surface area contributed by atoms with Crippen molar-refractivity contribution in [3.8, 4) is 0 Å². The number of pyridine rings is 1. The maximum absolute atomic E-state index is 12.5. The van der Waals surface area contributed by atoms with Gasteiger partial charge in [-0.25, -0.2) is 0 Å². The molecule has 1 atom stereocenters. The molecule has 1 amide bonds. The molecule has 1 aliphatic rings. The van der Waals surface area contributed by atoms with Crippen molar-refractivity contribution in [1.29, 1.82) is 0 Å². The van der Waals surface area contributed by atoms with Gasteiger partial charge in [-0.3, -0.25) is 9.59 Å². The number of carbonyl (C=O) groups is 1. The Hall–Kier alpha value is -2.88. The Morgan fingerprint density at radius 3 is 2.84 bits per heavy atom. The lowest BCUT2D eigenvalue weighted by Crippen LogP contribution is -2.31. The van der Waals surface area contributed by atoms with Crippen LogP contribution in [0.25, 0.3) is 10.8 Å². The summed E-state index contributed by atoms with van der Waals surface area (Å²) < 4.78 is 0. The lowest BCUT2D eigenvalue weighted by molar-refractivity contribution is 0.0945. The van der Waals surface area contributed by atoms with Crippen molar-refractivity contribution in [3.05, 3.63) is 81.8 Å². The predicted molar refractivity (Wildman–Crippen MR) is 99.0 cm³/mol. The van der Waals surface area contributed by atoms with E-state index in [-0.39, 0.29) is 11.5 Å². The first-order valence-electron chi connectivity index (χ1n) is 8.70. The Balaban J connectivity index is 1.53. The molecule has 1 unspecified atom stereocenters. The molecule has 0 fully saturated rings. The van der Waals surface area contributed by atoms with Gasteiger partial charge in [0.2, 0.25) is 0 Å². The Labute approximate surface area is 145 Å². The topological polar surface area (TPSA) is 62.0 Å². The van der Waals surface area contributed by atoms with Crippen LogP contribution in [0.5, 0.6) is 0 Å². The fourth-order valence-electron chi connectivity index (χ4n) is 3.71. The molecule has 0 aliphatic heterocycles. The fraction of sp³-hybridized carbons (Fsp3) is 0.238. The van der Waals surface area contributed by atoms with Crippen molar-refractivity contribution >= 4 is 16.7 Å².